The van der Waals surface area contributed by atoms with E-state index in [1.54, 1.807) is 19.2 Å². The summed E-state index contributed by atoms with van der Waals surface area (Å²) in [6.07, 6.45) is 0.616. The fourth-order valence-corrected chi connectivity index (χ4v) is 2.36. The fourth-order valence-electron chi connectivity index (χ4n) is 1.99. The second kappa shape index (κ2) is 7.22. The lowest BCUT2D eigenvalue weighted by molar-refractivity contribution is 0.0950. The van der Waals surface area contributed by atoms with Gasteiger partial charge >= 0.3 is 0 Å². The zero-order valence-corrected chi connectivity index (χ0v) is 13.1. The second-order valence-electron chi connectivity index (χ2n) is 4.42. The van der Waals surface area contributed by atoms with E-state index in [1.807, 2.05) is 24.3 Å². The molecule has 0 radical (unpaired) electrons. The van der Waals surface area contributed by atoms with Crippen LogP contribution in [0.25, 0.3) is 0 Å². The molecule has 0 aliphatic rings. The van der Waals surface area contributed by atoms with Crippen LogP contribution in [-0.2, 0) is 6.42 Å². The SMILES string of the molecule is COc1ccccc1CCNC(=O)c1cccc(Br)c1F. The lowest BCUT2D eigenvalue weighted by Crippen LogP contribution is -2.26. The summed E-state index contributed by atoms with van der Waals surface area (Å²) in [6, 6.07) is 12.2. The summed E-state index contributed by atoms with van der Waals surface area (Å²) in [6.45, 7) is 0.408. The van der Waals surface area contributed by atoms with Gasteiger partial charge in [-0.25, -0.2) is 4.39 Å². The van der Waals surface area contributed by atoms with Crippen molar-refractivity contribution in [1.29, 1.82) is 0 Å². The van der Waals surface area contributed by atoms with Crippen molar-refractivity contribution in [3.05, 3.63) is 63.9 Å². The number of carbonyl (C=O) groups is 1. The van der Waals surface area contributed by atoms with Crippen molar-refractivity contribution in [2.24, 2.45) is 0 Å². The number of nitrogens with one attached hydrogen (secondary N) is 1. The van der Waals surface area contributed by atoms with Gasteiger partial charge in [0, 0.05) is 6.54 Å². The Kier molecular flexibility index (Phi) is 5.33. The van der Waals surface area contributed by atoms with Gasteiger partial charge in [0.05, 0.1) is 17.1 Å². The third kappa shape index (κ3) is 3.82. The van der Waals surface area contributed by atoms with Gasteiger partial charge in [0.15, 0.2) is 0 Å². The minimum atomic E-state index is -0.549. The molecule has 0 aromatic heterocycles. The van der Waals surface area contributed by atoms with E-state index in [-0.39, 0.29) is 10.0 Å². The molecule has 0 saturated carbocycles. The highest BCUT2D eigenvalue weighted by atomic mass is 79.9. The first kappa shape index (κ1) is 15.5. The fraction of sp³-hybridized carbons (Fsp3) is 0.188. The maximum absolute atomic E-state index is 13.8. The van der Waals surface area contributed by atoms with Crippen LogP contribution in [0, 0.1) is 5.82 Å². The minimum Gasteiger partial charge on any atom is -0.496 e. The van der Waals surface area contributed by atoms with Crippen molar-refractivity contribution in [3.8, 4) is 5.75 Å². The number of benzene rings is 2. The molecule has 0 unspecified atom stereocenters. The van der Waals surface area contributed by atoms with E-state index in [0.29, 0.717) is 13.0 Å². The highest BCUT2D eigenvalue weighted by Gasteiger charge is 2.13. The molecule has 0 bridgehead atoms. The van der Waals surface area contributed by atoms with Gasteiger partial charge in [-0.05, 0) is 46.1 Å². The van der Waals surface area contributed by atoms with Crippen LogP contribution >= 0.6 is 15.9 Å². The Labute approximate surface area is 131 Å². The van der Waals surface area contributed by atoms with Gasteiger partial charge in [-0.3, -0.25) is 4.79 Å². The van der Waals surface area contributed by atoms with Crippen molar-refractivity contribution < 1.29 is 13.9 Å². The number of amides is 1. The van der Waals surface area contributed by atoms with E-state index in [4.69, 9.17) is 4.74 Å². The van der Waals surface area contributed by atoms with E-state index >= 15 is 0 Å². The number of ether oxygens (including phenoxy) is 1. The van der Waals surface area contributed by atoms with Gasteiger partial charge in [-0.2, -0.15) is 0 Å². The molecule has 0 fully saturated rings. The average molecular weight is 352 g/mol. The van der Waals surface area contributed by atoms with Gasteiger partial charge in [-0.15, -0.1) is 0 Å². The molecule has 1 amide bonds. The molecule has 2 aromatic carbocycles. The predicted octanol–water partition coefficient (Wildman–Crippen LogP) is 3.57. The molecule has 0 heterocycles. The van der Waals surface area contributed by atoms with E-state index in [0.717, 1.165) is 11.3 Å². The molecule has 0 spiro atoms. The summed E-state index contributed by atoms with van der Waals surface area (Å²) in [4.78, 5) is 12.0. The van der Waals surface area contributed by atoms with Crippen LogP contribution in [0.1, 0.15) is 15.9 Å². The van der Waals surface area contributed by atoms with Crippen molar-refractivity contribution in [2.75, 3.05) is 13.7 Å². The summed E-state index contributed by atoms with van der Waals surface area (Å²) in [5, 5.41) is 2.71. The molecule has 0 saturated heterocycles. The normalized spacial score (nSPS) is 10.2. The molecule has 2 rings (SSSR count). The zero-order chi connectivity index (χ0) is 15.2. The molecule has 3 nitrogen and oxygen atoms in total. The van der Waals surface area contributed by atoms with Crippen LogP contribution in [0.3, 0.4) is 0 Å². The molecule has 2 aromatic rings. The van der Waals surface area contributed by atoms with Crippen molar-refractivity contribution in [2.45, 2.75) is 6.42 Å². The first-order valence-electron chi connectivity index (χ1n) is 6.47. The Morgan fingerprint density at radius 3 is 2.76 bits per heavy atom. The van der Waals surface area contributed by atoms with Gasteiger partial charge in [0.25, 0.3) is 5.91 Å². The van der Waals surface area contributed by atoms with Crippen LogP contribution < -0.4 is 10.1 Å². The Morgan fingerprint density at radius 1 is 1.24 bits per heavy atom. The van der Waals surface area contributed by atoms with E-state index in [9.17, 15) is 9.18 Å². The summed E-state index contributed by atoms with van der Waals surface area (Å²) in [5.41, 5.74) is 1.03. The van der Waals surface area contributed by atoms with Crippen LogP contribution in [0.5, 0.6) is 5.75 Å². The standard InChI is InChI=1S/C16H15BrFNO2/c1-21-14-8-3-2-5-11(14)9-10-19-16(20)12-6-4-7-13(17)15(12)18/h2-8H,9-10H2,1H3,(H,19,20). The quantitative estimate of drug-likeness (QED) is 0.894. The van der Waals surface area contributed by atoms with Gasteiger partial charge in [-0.1, -0.05) is 24.3 Å². The third-order valence-electron chi connectivity index (χ3n) is 3.07. The highest BCUT2D eigenvalue weighted by Crippen LogP contribution is 2.19. The van der Waals surface area contributed by atoms with Crippen LogP contribution in [0.4, 0.5) is 4.39 Å². The van der Waals surface area contributed by atoms with Crippen LogP contribution in [0.15, 0.2) is 46.9 Å². The monoisotopic (exact) mass is 351 g/mol. The second-order valence-corrected chi connectivity index (χ2v) is 5.27. The smallest absolute Gasteiger partial charge is 0.254 e. The van der Waals surface area contributed by atoms with E-state index in [1.165, 1.54) is 6.07 Å². The summed E-state index contributed by atoms with van der Waals surface area (Å²) in [7, 11) is 1.61. The number of methoxy groups -OCH3 is 1. The molecular formula is C16H15BrFNO2. The number of hydrogen-bond acceptors (Lipinski definition) is 2. The number of hydrogen-bond donors (Lipinski definition) is 1. The summed E-state index contributed by atoms with van der Waals surface area (Å²) < 4.78 is 19.3. The highest BCUT2D eigenvalue weighted by molar-refractivity contribution is 9.10. The third-order valence-corrected chi connectivity index (χ3v) is 3.68. The predicted molar refractivity (Wildman–Crippen MR) is 83.1 cm³/mol. The van der Waals surface area contributed by atoms with E-state index in [2.05, 4.69) is 21.2 Å². The zero-order valence-electron chi connectivity index (χ0n) is 11.5. The topological polar surface area (TPSA) is 38.3 Å². The number of halogens is 2. The summed E-state index contributed by atoms with van der Waals surface area (Å²) >= 11 is 3.07. The maximum atomic E-state index is 13.8. The van der Waals surface area contributed by atoms with Gasteiger partial charge in [0.1, 0.15) is 11.6 Å². The number of rotatable bonds is 5. The molecular weight excluding hydrogens is 337 g/mol. The molecule has 5 heteroatoms. The molecule has 110 valence electrons. The summed E-state index contributed by atoms with van der Waals surface area (Å²) in [5.74, 6) is -0.198. The number of carbonyl (C=O) groups excluding carboxylic acids is 1. The molecule has 0 atom stereocenters. The Morgan fingerprint density at radius 2 is 2.00 bits per heavy atom. The molecule has 0 aliphatic heterocycles. The Bertz CT molecular complexity index is 646. The average Bonchev–Trinajstić information content (AvgIpc) is 2.50. The van der Waals surface area contributed by atoms with Crippen LogP contribution in [0.2, 0.25) is 0 Å². The first-order chi connectivity index (χ1) is 10.1. The molecule has 21 heavy (non-hydrogen) atoms. The molecule has 1 N–H and O–H groups in total. The van der Waals surface area contributed by atoms with Crippen molar-refractivity contribution >= 4 is 21.8 Å². The first-order valence-corrected chi connectivity index (χ1v) is 7.27. The minimum absolute atomic E-state index is 0.0319. The van der Waals surface area contributed by atoms with Gasteiger partial charge < -0.3 is 10.1 Å². The van der Waals surface area contributed by atoms with Crippen molar-refractivity contribution in [1.82, 2.24) is 5.32 Å². The molecule has 0 aliphatic carbocycles. The Hall–Kier alpha value is -1.88. The van der Waals surface area contributed by atoms with Gasteiger partial charge in [0.2, 0.25) is 0 Å². The maximum Gasteiger partial charge on any atom is 0.254 e. The number of para-hydroxylation sites is 1. The lowest BCUT2D eigenvalue weighted by atomic mass is 10.1. The lowest BCUT2D eigenvalue weighted by Gasteiger charge is -2.09. The van der Waals surface area contributed by atoms with Crippen LogP contribution in [-0.4, -0.2) is 19.6 Å². The van der Waals surface area contributed by atoms with E-state index < -0.39 is 11.7 Å². The largest absolute Gasteiger partial charge is 0.496 e. The van der Waals surface area contributed by atoms with Crippen molar-refractivity contribution in [3.63, 3.8) is 0 Å². The Balaban J connectivity index is 1.97.